The Kier molecular flexibility index (Phi) is 8.11. The van der Waals surface area contributed by atoms with Crippen LogP contribution < -0.4 is 16.2 Å². The van der Waals surface area contributed by atoms with Gasteiger partial charge in [-0.3, -0.25) is 25.2 Å². The second-order valence-electron chi connectivity index (χ2n) is 6.75. The Morgan fingerprint density at radius 2 is 1.38 bits per heavy atom. The van der Waals surface area contributed by atoms with Crippen LogP contribution in [0.4, 0.5) is 0 Å². The molecule has 3 N–H and O–H groups in total. The highest BCUT2D eigenvalue weighted by molar-refractivity contribution is 6.35. The van der Waals surface area contributed by atoms with E-state index in [9.17, 15) is 14.4 Å². The zero-order chi connectivity index (χ0) is 23.1. The summed E-state index contributed by atoms with van der Waals surface area (Å²) in [7, 11) is 0. The van der Waals surface area contributed by atoms with Gasteiger partial charge in [0.15, 0.2) is 0 Å². The molecule has 0 aliphatic rings. The van der Waals surface area contributed by atoms with Gasteiger partial charge in [0.25, 0.3) is 11.8 Å². The number of nitrogens with one attached hydrogen (secondary N) is 3. The molecule has 1 unspecified atom stereocenters. The Balaban J connectivity index is 1.69. The van der Waals surface area contributed by atoms with Crippen LogP contribution in [-0.2, 0) is 4.79 Å². The van der Waals surface area contributed by atoms with Gasteiger partial charge < -0.3 is 5.32 Å². The van der Waals surface area contributed by atoms with E-state index in [0.29, 0.717) is 21.2 Å². The third-order valence-corrected chi connectivity index (χ3v) is 5.40. The highest BCUT2D eigenvalue weighted by Crippen LogP contribution is 2.21. The SMILES string of the molecule is O=C(CC(NC(=O)c1ccccc1Cl)c1ccccc1)NNC(=O)c1cc(Cl)ccc1Cl. The predicted molar refractivity (Wildman–Crippen MR) is 125 cm³/mol. The Morgan fingerprint density at radius 3 is 2.09 bits per heavy atom. The van der Waals surface area contributed by atoms with Crippen LogP contribution in [-0.4, -0.2) is 17.7 Å². The van der Waals surface area contributed by atoms with E-state index in [2.05, 4.69) is 16.2 Å². The van der Waals surface area contributed by atoms with Gasteiger partial charge in [0.05, 0.1) is 33.6 Å². The second-order valence-corrected chi connectivity index (χ2v) is 8.00. The minimum Gasteiger partial charge on any atom is -0.345 e. The van der Waals surface area contributed by atoms with Crippen LogP contribution >= 0.6 is 34.8 Å². The van der Waals surface area contributed by atoms with E-state index < -0.39 is 23.8 Å². The molecule has 6 nitrogen and oxygen atoms in total. The summed E-state index contributed by atoms with van der Waals surface area (Å²) in [6.07, 6.45) is -0.135. The number of hydrogen-bond donors (Lipinski definition) is 3. The van der Waals surface area contributed by atoms with Gasteiger partial charge in [-0.25, -0.2) is 0 Å². The Labute approximate surface area is 199 Å². The fraction of sp³-hybridized carbons (Fsp3) is 0.0870. The summed E-state index contributed by atoms with van der Waals surface area (Å²) in [4.78, 5) is 37.6. The summed E-state index contributed by atoms with van der Waals surface area (Å²) in [5.41, 5.74) is 5.76. The Morgan fingerprint density at radius 1 is 0.719 bits per heavy atom. The smallest absolute Gasteiger partial charge is 0.271 e. The first kappa shape index (κ1) is 23.6. The molecule has 164 valence electrons. The molecule has 0 aromatic heterocycles. The van der Waals surface area contributed by atoms with Crippen LogP contribution in [0.5, 0.6) is 0 Å². The van der Waals surface area contributed by atoms with Crippen molar-refractivity contribution in [1.29, 1.82) is 0 Å². The molecule has 9 heteroatoms. The Bertz CT molecular complexity index is 1140. The average Bonchev–Trinajstić information content (AvgIpc) is 2.79. The number of carbonyl (C=O) groups excluding carboxylic acids is 3. The van der Waals surface area contributed by atoms with Gasteiger partial charge in [-0.05, 0) is 35.9 Å². The summed E-state index contributed by atoms with van der Waals surface area (Å²) in [6.45, 7) is 0. The third-order valence-electron chi connectivity index (χ3n) is 4.50. The van der Waals surface area contributed by atoms with Gasteiger partial charge in [0.2, 0.25) is 5.91 Å². The molecule has 0 saturated carbocycles. The molecule has 3 aromatic rings. The summed E-state index contributed by atoms with van der Waals surface area (Å²) in [5, 5.41) is 3.64. The van der Waals surface area contributed by atoms with Gasteiger partial charge in [0.1, 0.15) is 0 Å². The molecule has 0 aliphatic carbocycles. The van der Waals surface area contributed by atoms with Crippen LogP contribution in [0.3, 0.4) is 0 Å². The van der Waals surface area contributed by atoms with E-state index in [0.717, 1.165) is 0 Å². The molecule has 0 radical (unpaired) electrons. The standard InChI is InChI=1S/C23H18Cl3N3O3/c24-15-10-11-19(26)17(12-15)23(32)29-28-21(30)13-20(14-6-2-1-3-7-14)27-22(31)16-8-4-5-9-18(16)25/h1-12,20H,13H2,(H,27,31)(H,28,30)(H,29,32). The first-order valence-corrected chi connectivity index (χ1v) is 10.6. The lowest BCUT2D eigenvalue weighted by atomic mass is 10.0. The van der Waals surface area contributed by atoms with Crippen LogP contribution in [0.25, 0.3) is 0 Å². The maximum absolute atomic E-state index is 12.7. The molecule has 32 heavy (non-hydrogen) atoms. The summed E-state index contributed by atoms with van der Waals surface area (Å²) >= 11 is 18.0. The van der Waals surface area contributed by atoms with Gasteiger partial charge in [-0.2, -0.15) is 0 Å². The minimum absolute atomic E-state index is 0.117. The highest BCUT2D eigenvalue weighted by atomic mass is 35.5. The lowest BCUT2D eigenvalue weighted by molar-refractivity contribution is -0.122. The van der Waals surface area contributed by atoms with Crippen molar-refractivity contribution >= 4 is 52.5 Å². The molecule has 0 fully saturated rings. The number of carbonyl (C=O) groups is 3. The maximum atomic E-state index is 12.7. The highest BCUT2D eigenvalue weighted by Gasteiger charge is 2.21. The lowest BCUT2D eigenvalue weighted by Crippen LogP contribution is -2.43. The fourth-order valence-electron chi connectivity index (χ4n) is 2.92. The van der Waals surface area contributed by atoms with Gasteiger partial charge >= 0.3 is 0 Å². The molecule has 0 aliphatic heterocycles. The quantitative estimate of drug-likeness (QED) is 0.426. The van der Waals surface area contributed by atoms with E-state index in [-0.39, 0.29) is 17.0 Å². The summed E-state index contributed by atoms with van der Waals surface area (Å²) in [5.74, 6) is -1.57. The average molecular weight is 491 g/mol. The van der Waals surface area contributed by atoms with Crippen LogP contribution in [0.15, 0.2) is 72.8 Å². The van der Waals surface area contributed by atoms with E-state index in [1.54, 1.807) is 54.6 Å². The Hall–Kier alpha value is -3.06. The monoisotopic (exact) mass is 489 g/mol. The zero-order valence-corrected chi connectivity index (χ0v) is 18.8. The molecule has 3 amide bonds. The van der Waals surface area contributed by atoms with E-state index >= 15 is 0 Å². The van der Waals surface area contributed by atoms with Crippen molar-refractivity contribution in [3.8, 4) is 0 Å². The summed E-state index contributed by atoms with van der Waals surface area (Å²) in [6, 6.07) is 19.4. The maximum Gasteiger partial charge on any atom is 0.271 e. The largest absolute Gasteiger partial charge is 0.345 e. The normalized spacial score (nSPS) is 11.3. The minimum atomic E-state index is -0.661. The fourth-order valence-corrected chi connectivity index (χ4v) is 3.52. The van der Waals surface area contributed by atoms with Crippen molar-refractivity contribution in [2.45, 2.75) is 12.5 Å². The van der Waals surface area contributed by atoms with Crippen molar-refractivity contribution in [1.82, 2.24) is 16.2 Å². The molecule has 1 atom stereocenters. The van der Waals surface area contributed by atoms with E-state index in [1.807, 2.05) is 6.07 Å². The lowest BCUT2D eigenvalue weighted by Gasteiger charge is -2.19. The van der Waals surface area contributed by atoms with Gasteiger partial charge in [0, 0.05) is 5.02 Å². The first-order chi connectivity index (χ1) is 15.3. The second kappa shape index (κ2) is 11.0. The molecular formula is C23H18Cl3N3O3. The number of hydrogen-bond acceptors (Lipinski definition) is 3. The predicted octanol–water partition coefficient (Wildman–Crippen LogP) is 4.97. The van der Waals surface area contributed by atoms with Crippen molar-refractivity contribution < 1.29 is 14.4 Å². The van der Waals surface area contributed by atoms with Crippen LogP contribution in [0, 0.1) is 0 Å². The molecule has 3 rings (SSSR count). The summed E-state index contributed by atoms with van der Waals surface area (Å²) < 4.78 is 0. The molecule has 0 heterocycles. The van der Waals surface area contributed by atoms with Crippen molar-refractivity contribution in [3.05, 3.63) is 105 Å². The number of benzene rings is 3. The molecule has 0 spiro atoms. The van der Waals surface area contributed by atoms with Crippen molar-refractivity contribution in [2.24, 2.45) is 0 Å². The third kappa shape index (κ3) is 6.23. The number of hydrazine groups is 1. The van der Waals surface area contributed by atoms with Gasteiger partial charge in [-0.15, -0.1) is 0 Å². The molecular weight excluding hydrogens is 473 g/mol. The molecule has 0 bridgehead atoms. The van der Waals surface area contributed by atoms with Crippen LogP contribution in [0.2, 0.25) is 15.1 Å². The number of amides is 3. The van der Waals surface area contributed by atoms with Crippen molar-refractivity contribution in [2.75, 3.05) is 0 Å². The zero-order valence-electron chi connectivity index (χ0n) is 16.6. The van der Waals surface area contributed by atoms with E-state index in [1.165, 1.54) is 12.1 Å². The topological polar surface area (TPSA) is 87.3 Å². The molecule has 0 saturated heterocycles. The molecule has 3 aromatic carbocycles. The van der Waals surface area contributed by atoms with E-state index in [4.69, 9.17) is 34.8 Å². The van der Waals surface area contributed by atoms with Gasteiger partial charge in [-0.1, -0.05) is 77.3 Å². The number of halogens is 3. The first-order valence-electron chi connectivity index (χ1n) is 9.49. The van der Waals surface area contributed by atoms with Crippen molar-refractivity contribution in [3.63, 3.8) is 0 Å². The number of rotatable bonds is 6. The van der Waals surface area contributed by atoms with Crippen LogP contribution in [0.1, 0.15) is 38.7 Å².